The van der Waals surface area contributed by atoms with Crippen LogP contribution in [0.3, 0.4) is 0 Å². The summed E-state index contributed by atoms with van der Waals surface area (Å²) >= 11 is 10.6. The second-order valence-corrected chi connectivity index (χ2v) is 15.6. The van der Waals surface area contributed by atoms with E-state index in [1.807, 2.05) is 0 Å². The molecule has 19 heteroatoms. The Morgan fingerprint density at radius 3 is 2.72 bits per heavy atom. The van der Waals surface area contributed by atoms with Crippen molar-refractivity contribution < 1.29 is 24.2 Å². The zero-order valence-electron chi connectivity index (χ0n) is 20.1. The van der Waals surface area contributed by atoms with Gasteiger partial charge in [0, 0.05) is 6.42 Å². The average Bonchev–Trinajstić information content (AvgIpc) is 3.67. The van der Waals surface area contributed by atoms with Crippen LogP contribution in [-0.4, -0.2) is 86.4 Å². The van der Waals surface area contributed by atoms with Crippen molar-refractivity contribution >= 4 is 63.6 Å². The molecule has 16 nitrogen and oxygen atoms in total. The van der Waals surface area contributed by atoms with E-state index in [2.05, 4.69) is 29.9 Å². The predicted octanol–water partition coefficient (Wildman–Crippen LogP) is -0.323. The number of hydrogen-bond donors (Lipinski definition) is 6. The van der Waals surface area contributed by atoms with E-state index in [-0.39, 0.29) is 42.6 Å². The molecule has 208 valence electrons. The zero-order valence-corrected chi connectivity index (χ0v) is 22.7. The molecule has 2 aliphatic heterocycles. The molecule has 4 aromatic heterocycles. The Labute approximate surface area is 230 Å². The van der Waals surface area contributed by atoms with Crippen LogP contribution in [0.25, 0.3) is 22.3 Å². The summed E-state index contributed by atoms with van der Waals surface area (Å²) in [7, 11) is 0. The number of ether oxygens (including phenoxy) is 2. The number of aliphatic hydroxyl groups is 2. The van der Waals surface area contributed by atoms with E-state index < -0.39 is 47.5 Å². The third kappa shape index (κ3) is 4.70. The molecule has 2 saturated heterocycles. The molecule has 0 aliphatic carbocycles. The molecule has 2 aliphatic rings. The minimum atomic E-state index is -2.94. The number of thiol groups is 1. The topological polar surface area (TPSA) is 227 Å². The van der Waals surface area contributed by atoms with Gasteiger partial charge in [0.05, 0.1) is 43.7 Å². The maximum atomic E-state index is 12.3. The fourth-order valence-electron chi connectivity index (χ4n) is 4.91. The van der Waals surface area contributed by atoms with E-state index in [0.29, 0.717) is 17.6 Å². The Hall–Kier alpha value is -2.70. The van der Waals surface area contributed by atoms with Crippen LogP contribution in [0.5, 0.6) is 0 Å². The Bertz CT molecular complexity index is 1650. The monoisotopic (exact) mass is 596 g/mol. The van der Waals surface area contributed by atoms with Gasteiger partial charge in [0.1, 0.15) is 35.9 Å². The fraction of sp³-hybridized carbons (Fsp3) is 0.500. The summed E-state index contributed by atoms with van der Waals surface area (Å²) in [4.78, 5) is 35.4. The number of nitrogen functional groups attached to an aromatic ring is 2. The number of hydrogen-bond acceptors (Lipinski definition) is 14. The number of anilines is 2. The van der Waals surface area contributed by atoms with Gasteiger partial charge in [-0.3, -0.25) is 18.9 Å². The highest BCUT2D eigenvalue weighted by molar-refractivity contribution is 8.62. The van der Waals surface area contributed by atoms with Crippen molar-refractivity contribution in [3.63, 3.8) is 0 Å². The van der Waals surface area contributed by atoms with Crippen molar-refractivity contribution in [1.82, 2.24) is 39.0 Å². The largest absolute Gasteiger partial charge is 0.394 e. The average molecular weight is 597 g/mol. The summed E-state index contributed by atoms with van der Waals surface area (Å²) in [5.41, 5.74) is 8.92. The first-order valence-electron chi connectivity index (χ1n) is 11.9. The highest BCUT2D eigenvalue weighted by Gasteiger charge is 2.46. The Kier molecular flexibility index (Phi) is 6.83. The van der Waals surface area contributed by atoms with Crippen LogP contribution in [0, 0.1) is 0 Å². The van der Waals surface area contributed by atoms with E-state index in [4.69, 9.17) is 49.5 Å². The van der Waals surface area contributed by atoms with Crippen molar-refractivity contribution in [2.75, 3.05) is 24.7 Å². The molecule has 0 aromatic carbocycles. The predicted molar refractivity (Wildman–Crippen MR) is 145 cm³/mol. The lowest BCUT2D eigenvalue weighted by Gasteiger charge is -2.29. The van der Waals surface area contributed by atoms with Gasteiger partial charge >= 0.3 is 0 Å². The lowest BCUT2D eigenvalue weighted by molar-refractivity contribution is -0.0372. The van der Waals surface area contributed by atoms with Gasteiger partial charge in [-0.1, -0.05) is 11.8 Å². The molecule has 1 unspecified atom stereocenters. The minimum Gasteiger partial charge on any atom is -0.394 e. The normalized spacial score (nSPS) is 28.9. The maximum absolute atomic E-state index is 12.3. The summed E-state index contributed by atoms with van der Waals surface area (Å²) in [6.45, 7) is -0.289. The third-order valence-electron chi connectivity index (χ3n) is 6.84. The molecule has 7 atom stereocenters. The molecule has 0 saturated carbocycles. The summed E-state index contributed by atoms with van der Waals surface area (Å²) < 4.78 is 21.5. The molecule has 6 rings (SSSR count). The maximum Gasteiger partial charge on any atom is 0.280 e. The number of imidazole rings is 2. The van der Waals surface area contributed by atoms with Crippen LogP contribution in [0.2, 0.25) is 0 Å². The number of aromatic nitrogens is 8. The fourth-order valence-corrected chi connectivity index (χ4v) is 8.08. The lowest BCUT2D eigenvalue weighted by Crippen LogP contribution is -2.27. The van der Waals surface area contributed by atoms with E-state index in [1.54, 1.807) is 9.13 Å². The van der Waals surface area contributed by atoms with Gasteiger partial charge in [0.15, 0.2) is 22.6 Å². The summed E-state index contributed by atoms with van der Waals surface area (Å²) in [6.07, 6.45) is 1.47. The molecule has 6 heterocycles. The van der Waals surface area contributed by atoms with Crippen molar-refractivity contribution in [2.45, 2.75) is 49.3 Å². The molecule has 39 heavy (non-hydrogen) atoms. The van der Waals surface area contributed by atoms with Gasteiger partial charge in [0.2, 0.25) is 5.95 Å². The van der Waals surface area contributed by atoms with Crippen LogP contribution in [0.15, 0.2) is 23.8 Å². The lowest BCUT2D eigenvalue weighted by atomic mass is 10.2. The Morgan fingerprint density at radius 2 is 1.92 bits per heavy atom. The van der Waals surface area contributed by atoms with Crippen LogP contribution >= 0.6 is 17.7 Å². The van der Waals surface area contributed by atoms with E-state index >= 15 is 0 Å². The number of fused-ring (bicyclic) bond motifs is 2. The molecular formula is C20H25N10O6PS2. The summed E-state index contributed by atoms with van der Waals surface area (Å²) in [6, 6.07) is 0. The van der Waals surface area contributed by atoms with Gasteiger partial charge in [-0.15, -0.1) is 12.2 Å². The first-order chi connectivity index (χ1) is 18.7. The van der Waals surface area contributed by atoms with Crippen LogP contribution in [0.1, 0.15) is 25.3 Å². The second kappa shape index (κ2) is 10.0. The van der Waals surface area contributed by atoms with Crippen molar-refractivity contribution in [2.24, 2.45) is 0 Å². The molecule has 0 spiro atoms. The smallest absolute Gasteiger partial charge is 0.280 e. The number of aliphatic hydroxyl groups excluding tert-OH is 2. The van der Waals surface area contributed by atoms with Crippen LogP contribution in [0.4, 0.5) is 11.8 Å². The number of H-pyrrole nitrogens is 1. The highest BCUT2D eigenvalue weighted by atomic mass is 32.9. The molecule has 4 aromatic rings. The number of nitrogens with zero attached hydrogens (tertiary/aromatic N) is 7. The summed E-state index contributed by atoms with van der Waals surface area (Å²) in [5, 5.41) is 20.5. The first kappa shape index (κ1) is 26.5. The van der Waals surface area contributed by atoms with Crippen molar-refractivity contribution in [3.05, 3.63) is 29.3 Å². The van der Waals surface area contributed by atoms with E-state index in [1.165, 1.54) is 19.0 Å². The molecule has 0 bridgehead atoms. The van der Waals surface area contributed by atoms with Gasteiger partial charge < -0.3 is 35.7 Å². The number of nitrogens with two attached hydrogens (primary N) is 2. The quantitative estimate of drug-likeness (QED) is 0.119. The SMILES string of the molecule is Nc1nc2c(ncn2[C@@H]2O[C@H](CO)C[C@H]2P(=S)(S)OC[C@H]2O[C@@H](n3cnc4c(N)ncnc43)C[C@@H]2O)c(=O)[nH]1. The standard InChI is InChI=1S/C20H25N10O6PS2/c21-15-13-16(24-5-23-15)29(6-25-13)12-2-9(32)10(36-12)4-34-37(38,39)11-1-8(3-31)35-19(11)30-7-26-14-17(30)27-20(22)28-18(14)33/h5-12,19,31-32H,1-4H2,(H,38,39)(H2,21,23,24)(H3,22,27,28,33)/t8-,9-,10+,11+,12+,19+/m0/s1. The molecule has 7 N–H and O–H groups in total. The van der Waals surface area contributed by atoms with E-state index in [9.17, 15) is 15.0 Å². The van der Waals surface area contributed by atoms with Crippen molar-refractivity contribution in [1.29, 1.82) is 0 Å². The Morgan fingerprint density at radius 1 is 1.15 bits per heavy atom. The van der Waals surface area contributed by atoms with Gasteiger partial charge in [-0.05, 0) is 6.42 Å². The zero-order chi connectivity index (χ0) is 27.5. The van der Waals surface area contributed by atoms with E-state index in [0.717, 1.165) is 0 Å². The number of rotatable bonds is 7. The molecule has 0 radical (unpaired) electrons. The first-order valence-corrected chi connectivity index (χ1v) is 15.8. The molecule has 2 fully saturated rings. The van der Waals surface area contributed by atoms with Crippen molar-refractivity contribution in [3.8, 4) is 0 Å². The minimum absolute atomic E-state index is 0.0370. The van der Waals surface area contributed by atoms with Gasteiger partial charge in [-0.25, -0.2) is 19.9 Å². The molecular weight excluding hydrogens is 571 g/mol. The van der Waals surface area contributed by atoms with Gasteiger partial charge in [0.25, 0.3) is 5.56 Å². The second-order valence-electron chi connectivity index (χ2n) is 9.28. The van der Waals surface area contributed by atoms with Crippen LogP contribution < -0.4 is 17.0 Å². The third-order valence-corrected chi connectivity index (χ3v) is 11.0. The Balaban J connectivity index is 1.20. The highest BCUT2D eigenvalue weighted by Crippen LogP contribution is 2.64. The summed E-state index contributed by atoms with van der Waals surface area (Å²) in [5.74, 6) is 0.168. The number of aromatic amines is 1. The van der Waals surface area contributed by atoms with Crippen LogP contribution in [-0.2, 0) is 25.8 Å². The molecule has 0 amide bonds. The number of nitrogens with one attached hydrogen (secondary N) is 1. The van der Waals surface area contributed by atoms with Gasteiger partial charge in [-0.2, -0.15) is 4.98 Å².